The van der Waals surface area contributed by atoms with Crippen LogP contribution in [0.15, 0.2) is 63.5 Å². The molecule has 0 radical (unpaired) electrons. The number of hydrogen-bond donors (Lipinski definition) is 1. The maximum absolute atomic E-state index is 13.5. The summed E-state index contributed by atoms with van der Waals surface area (Å²) in [6.07, 6.45) is 0. The van der Waals surface area contributed by atoms with Gasteiger partial charge in [0.1, 0.15) is 0 Å². The van der Waals surface area contributed by atoms with Gasteiger partial charge in [-0.25, -0.2) is 4.98 Å². The number of nitrogens with zero attached hydrogens (tertiary/aromatic N) is 1. The van der Waals surface area contributed by atoms with Crippen molar-refractivity contribution >= 4 is 54.4 Å². The van der Waals surface area contributed by atoms with Crippen LogP contribution in [-0.2, 0) is 0 Å². The normalized spacial score (nSPS) is 11.0. The van der Waals surface area contributed by atoms with E-state index in [1.54, 1.807) is 0 Å². The number of fused-ring (bicyclic) bond motifs is 1. The van der Waals surface area contributed by atoms with Gasteiger partial charge in [0.15, 0.2) is 0 Å². The number of aryl methyl sites for hydroxylation is 2. The van der Waals surface area contributed by atoms with Gasteiger partial charge in [-0.1, -0.05) is 55.6 Å². The number of anilines is 1. The van der Waals surface area contributed by atoms with Crippen LogP contribution in [-0.4, -0.2) is 10.9 Å². The van der Waals surface area contributed by atoms with Crippen molar-refractivity contribution in [2.24, 2.45) is 0 Å². The lowest BCUT2D eigenvalue weighted by atomic mass is 9.99. The molecular formula is C26H22Br2N2O. The minimum Gasteiger partial charge on any atom is -0.322 e. The molecule has 0 spiro atoms. The van der Waals surface area contributed by atoms with Gasteiger partial charge in [-0.3, -0.25) is 4.79 Å². The molecule has 0 saturated carbocycles. The molecule has 0 fully saturated rings. The van der Waals surface area contributed by atoms with Crippen LogP contribution in [0.25, 0.3) is 22.2 Å². The zero-order valence-electron chi connectivity index (χ0n) is 17.8. The molecule has 156 valence electrons. The minimum absolute atomic E-state index is 0.138. The topological polar surface area (TPSA) is 42.0 Å². The summed E-state index contributed by atoms with van der Waals surface area (Å²) in [6, 6.07) is 17.9. The van der Waals surface area contributed by atoms with Gasteiger partial charge in [0.05, 0.1) is 16.8 Å². The average molecular weight is 538 g/mol. The first-order chi connectivity index (χ1) is 14.7. The van der Waals surface area contributed by atoms with Crippen molar-refractivity contribution in [3.63, 3.8) is 0 Å². The molecule has 4 rings (SSSR count). The van der Waals surface area contributed by atoms with Gasteiger partial charge < -0.3 is 5.32 Å². The molecular weight excluding hydrogens is 516 g/mol. The van der Waals surface area contributed by atoms with Crippen molar-refractivity contribution in [2.45, 2.75) is 27.7 Å². The van der Waals surface area contributed by atoms with Gasteiger partial charge in [-0.15, -0.1) is 0 Å². The Balaban J connectivity index is 1.88. The Labute approximate surface area is 199 Å². The second kappa shape index (κ2) is 8.56. The van der Waals surface area contributed by atoms with Crippen molar-refractivity contribution < 1.29 is 4.79 Å². The van der Waals surface area contributed by atoms with Crippen LogP contribution in [0.3, 0.4) is 0 Å². The highest BCUT2D eigenvalue weighted by molar-refractivity contribution is 9.10. The number of aromatic nitrogens is 1. The number of halogens is 2. The summed E-state index contributed by atoms with van der Waals surface area (Å²) < 4.78 is 2.03. The van der Waals surface area contributed by atoms with Gasteiger partial charge >= 0.3 is 0 Å². The van der Waals surface area contributed by atoms with E-state index in [0.717, 1.165) is 59.0 Å². The van der Waals surface area contributed by atoms with E-state index in [0.29, 0.717) is 5.56 Å². The van der Waals surface area contributed by atoms with Gasteiger partial charge in [0.25, 0.3) is 5.91 Å². The molecule has 5 heteroatoms. The van der Waals surface area contributed by atoms with Crippen LogP contribution in [0.2, 0.25) is 0 Å². The molecule has 1 heterocycles. The molecule has 4 aromatic rings. The summed E-state index contributed by atoms with van der Waals surface area (Å²) in [5, 5.41) is 3.98. The molecule has 0 aliphatic carbocycles. The Morgan fingerprint density at radius 2 is 1.58 bits per heavy atom. The second-order valence-corrected chi connectivity index (χ2v) is 9.61. The van der Waals surface area contributed by atoms with Crippen LogP contribution >= 0.6 is 31.9 Å². The van der Waals surface area contributed by atoms with Crippen molar-refractivity contribution in [1.82, 2.24) is 4.98 Å². The fourth-order valence-corrected chi connectivity index (χ4v) is 4.44. The molecule has 0 unspecified atom stereocenters. The van der Waals surface area contributed by atoms with Crippen LogP contribution in [0, 0.1) is 27.7 Å². The SMILES string of the molecule is Cc1cc(C)c2nc(-c3ccc(Br)cc3)cc(C(=O)Nc3ccc(Br)c(C)c3C)c2c1. The largest absolute Gasteiger partial charge is 0.322 e. The zero-order chi connectivity index (χ0) is 22.3. The third-order valence-electron chi connectivity index (χ3n) is 5.60. The predicted octanol–water partition coefficient (Wildman–Crippen LogP) is 7.91. The summed E-state index contributed by atoms with van der Waals surface area (Å²) in [7, 11) is 0. The number of benzene rings is 3. The van der Waals surface area contributed by atoms with Crippen LogP contribution in [0.5, 0.6) is 0 Å². The Bertz CT molecular complexity index is 1330. The molecule has 0 saturated heterocycles. The molecule has 1 N–H and O–H groups in total. The van der Waals surface area contributed by atoms with Crippen LogP contribution in [0.4, 0.5) is 5.69 Å². The average Bonchev–Trinajstić information content (AvgIpc) is 2.74. The quantitative estimate of drug-likeness (QED) is 0.288. The van der Waals surface area contributed by atoms with Crippen molar-refractivity contribution in [1.29, 1.82) is 0 Å². The van der Waals surface area contributed by atoms with Gasteiger partial charge in [0, 0.05) is 25.6 Å². The van der Waals surface area contributed by atoms with E-state index in [4.69, 9.17) is 4.98 Å². The van der Waals surface area contributed by atoms with E-state index in [1.165, 1.54) is 0 Å². The van der Waals surface area contributed by atoms with Crippen molar-refractivity contribution in [3.05, 3.63) is 91.4 Å². The molecule has 1 aromatic heterocycles. The van der Waals surface area contributed by atoms with Crippen molar-refractivity contribution in [2.75, 3.05) is 5.32 Å². The number of hydrogen-bond acceptors (Lipinski definition) is 2. The van der Waals surface area contributed by atoms with E-state index in [-0.39, 0.29) is 5.91 Å². The fourth-order valence-electron chi connectivity index (χ4n) is 3.75. The molecule has 3 aromatic carbocycles. The third kappa shape index (κ3) is 4.30. The van der Waals surface area contributed by atoms with E-state index in [2.05, 4.69) is 43.2 Å². The molecule has 0 aliphatic heterocycles. The van der Waals surface area contributed by atoms with Crippen LogP contribution in [0.1, 0.15) is 32.6 Å². The Morgan fingerprint density at radius 3 is 2.29 bits per heavy atom. The number of carbonyl (C=O) groups excluding carboxylic acids is 1. The van der Waals surface area contributed by atoms with E-state index < -0.39 is 0 Å². The van der Waals surface area contributed by atoms with Gasteiger partial charge in [0.2, 0.25) is 0 Å². The number of rotatable bonds is 3. The molecule has 1 amide bonds. The van der Waals surface area contributed by atoms with E-state index in [1.807, 2.05) is 76.2 Å². The highest BCUT2D eigenvalue weighted by Gasteiger charge is 2.17. The number of amides is 1. The molecule has 3 nitrogen and oxygen atoms in total. The predicted molar refractivity (Wildman–Crippen MR) is 136 cm³/mol. The van der Waals surface area contributed by atoms with E-state index in [9.17, 15) is 4.79 Å². The van der Waals surface area contributed by atoms with Crippen LogP contribution < -0.4 is 5.32 Å². The van der Waals surface area contributed by atoms with E-state index >= 15 is 0 Å². The first-order valence-electron chi connectivity index (χ1n) is 9.99. The maximum atomic E-state index is 13.5. The monoisotopic (exact) mass is 536 g/mol. The summed E-state index contributed by atoms with van der Waals surface area (Å²) in [6.45, 7) is 8.13. The summed E-state index contributed by atoms with van der Waals surface area (Å²) in [4.78, 5) is 18.4. The maximum Gasteiger partial charge on any atom is 0.256 e. The lowest BCUT2D eigenvalue weighted by molar-refractivity contribution is 0.102. The highest BCUT2D eigenvalue weighted by atomic mass is 79.9. The molecule has 31 heavy (non-hydrogen) atoms. The summed E-state index contributed by atoms with van der Waals surface area (Å²) in [5.74, 6) is -0.138. The lowest BCUT2D eigenvalue weighted by Gasteiger charge is -2.15. The first kappa shape index (κ1) is 21.7. The molecule has 0 bridgehead atoms. The molecule has 0 atom stereocenters. The third-order valence-corrected chi connectivity index (χ3v) is 6.99. The Kier molecular flexibility index (Phi) is 6.00. The second-order valence-electron chi connectivity index (χ2n) is 7.84. The van der Waals surface area contributed by atoms with Gasteiger partial charge in [-0.2, -0.15) is 0 Å². The smallest absolute Gasteiger partial charge is 0.256 e. The first-order valence-corrected chi connectivity index (χ1v) is 11.6. The number of nitrogens with one attached hydrogen (secondary N) is 1. The lowest BCUT2D eigenvalue weighted by Crippen LogP contribution is -2.14. The fraction of sp³-hybridized carbons (Fsp3) is 0.154. The minimum atomic E-state index is -0.138. The number of pyridine rings is 1. The van der Waals surface area contributed by atoms with Crippen molar-refractivity contribution in [3.8, 4) is 11.3 Å². The number of carbonyl (C=O) groups is 1. The molecule has 0 aliphatic rings. The zero-order valence-corrected chi connectivity index (χ0v) is 21.0. The van der Waals surface area contributed by atoms with Gasteiger partial charge in [-0.05, 0) is 80.8 Å². The summed E-state index contributed by atoms with van der Waals surface area (Å²) >= 11 is 7.04. The highest BCUT2D eigenvalue weighted by Crippen LogP contribution is 2.31. The Morgan fingerprint density at radius 1 is 0.871 bits per heavy atom. The Hall–Kier alpha value is -2.50. The summed E-state index contributed by atoms with van der Waals surface area (Å²) in [5.41, 5.74) is 8.34. The standard InChI is InChI=1S/C26H22Br2N2O/c1-14-11-15(2)25-20(12-14)21(13-24(29-25)18-5-7-19(27)8-6-18)26(31)30-23-10-9-22(28)16(3)17(23)4/h5-13H,1-4H3,(H,30,31).